The van der Waals surface area contributed by atoms with E-state index in [1.165, 1.54) is 5.56 Å². The average molecular weight is 452 g/mol. The number of hydrogen-bond acceptors (Lipinski definition) is 3. The summed E-state index contributed by atoms with van der Waals surface area (Å²) in [4.78, 5) is 2.35. The Morgan fingerprint density at radius 3 is 1.91 bits per heavy atom. The Morgan fingerprint density at radius 2 is 1.38 bits per heavy atom. The summed E-state index contributed by atoms with van der Waals surface area (Å²) in [6.45, 7) is 10.1. The molecule has 3 aromatic rings. The fourth-order valence-corrected chi connectivity index (χ4v) is 4.17. The highest BCUT2D eigenvalue weighted by atomic mass is 35.5. The van der Waals surface area contributed by atoms with E-state index in [4.69, 9.17) is 21.1 Å². The van der Waals surface area contributed by atoms with Crippen molar-refractivity contribution < 1.29 is 9.47 Å². The summed E-state index contributed by atoms with van der Waals surface area (Å²) in [6, 6.07) is 24.9. The van der Waals surface area contributed by atoms with Gasteiger partial charge >= 0.3 is 0 Å². The number of halogens is 1. The molecule has 0 bridgehead atoms. The summed E-state index contributed by atoms with van der Waals surface area (Å²) in [5.41, 5.74) is 3.99. The number of ether oxygens (including phenoxy) is 2. The van der Waals surface area contributed by atoms with Crippen molar-refractivity contribution in [2.45, 2.75) is 32.8 Å². The van der Waals surface area contributed by atoms with Gasteiger partial charge in [-0.25, -0.2) is 0 Å². The monoisotopic (exact) mass is 451 g/mol. The van der Waals surface area contributed by atoms with Crippen LogP contribution in [0.5, 0.6) is 5.75 Å². The molecule has 0 saturated carbocycles. The molecule has 1 atom stereocenters. The van der Waals surface area contributed by atoms with Crippen molar-refractivity contribution >= 4 is 11.6 Å². The highest BCUT2D eigenvalue weighted by molar-refractivity contribution is 6.30. The minimum atomic E-state index is -0.610. The lowest BCUT2D eigenvalue weighted by molar-refractivity contribution is 0.0222. The minimum absolute atomic E-state index is 0.610. The van der Waals surface area contributed by atoms with Gasteiger partial charge in [-0.05, 0) is 61.0 Å². The molecule has 0 aromatic heterocycles. The first kappa shape index (κ1) is 24.3. The second kappa shape index (κ2) is 11.5. The van der Waals surface area contributed by atoms with Crippen LogP contribution < -0.4 is 4.74 Å². The molecule has 0 aliphatic rings. The second-order valence-electron chi connectivity index (χ2n) is 8.10. The van der Waals surface area contributed by atoms with Crippen LogP contribution >= 0.6 is 11.6 Å². The van der Waals surface area contributed by atoms with Gasteiger partial charge in [0.2, 0.25) is 0 Å². The molecule has 4 heteroatoms. The molecule has 170 valence electrons. The molecule has 0 heterocycles. The Hall–Kier alpha value is -2.33. The van der Waals surface area contributed by atoms with Crippen LogP contribution in [0.1, 0.15) is 36.1 Å². The van der Waals surface area contributed by atoms with E-state index in [1.54, 1.807) is 7.11 Å². The number of likely N-dealkylation sites (N-methyl/N-ethyl adjacent to an activating group) is 1. The number of nitrogens with zero attached hydrogens (tertiary/aromatic N) is 1. The van der Waals surface area contributed by atoms with Crippen LogP contribution in [-0.2, 0) is 16.8 Å². The largest absolute Gasteiger partial charge is 0.492 e. The van der Waals surface area contributed by atoms with E-state index in [9.17, 15) is 0 Å². The lowest BCUT2D eigenvalue weighted by Crippen LogP contribution is -2.32. The van der Waals surface area contributed by atoms with Gasteiger partial charge in [0.15, 0.2) is 0 Å². The second-order valence-corrected chi connectivity index (χ2v) is 8.54. The highest BCUT2D eigenvalue weighted by Gasteiger charge is 2.34. The summed E-state index contributed by atoms with van der Waals surface area (Å²) < 4.78 is 12.3. The van der Waals surface area contributed by atoms with E-state index in [-0.39, 0.29) is 0 Å². The zero-order chi connectivity index (χ0) is 23.0. The Morgan fingerprint density at radius 1 is 0.812 bits per heavy atom. The zero-order valence-electron chi connectivity index (χ0n) is 19.6. The topological polar surface area (TPSA) is 21.7 Å². The normalized spacial score (nSPS) is 13.2. The van der Waals surface area contributed by atoms with Crippen molar-refractivity contribution in [2.24, 2.45) is 0 Å². The highest BCUT2D eigenvalue weighted by Crippen LogP contribution is 2.38. The van der Waals surface area contributed by atoms with Crippen molar-refractivity contribution in [3.63, 3.8) is 0 Å². The number of hydrogen-bond donors (Lipinski definition) is 0. The van der Waals surface area contributed by atoms with Crippen LogP contribution in [0.25, 0.3) is 0 Å². The smallest absolute Gasteiger partial charge is 0.122 e. The Labute approximate surface area is 197 Å². The Balaban J connectivity index is 1.88. The first-order chi connectivity index (χ1) is 15.5. The summed E-state index contributed by atoms with van der Waals surface area (Å²) in [5, 5.41) is 0.735. The Bertz CT molecular complexity index is 950. The SMILES string of the molecule is CCN(CC)CCOc1ccc(C(Cc2ccc(Cl)cc2)(OC)c2ccc(C)cc2)cc1. The number of aryl methyl sites for hydroxylation is 1. The molecule has 1 unspecified atom stereocenters. The van der Waals surface area contributed by atoms with Crippen molar-refractivity contribution in [1.82, 2.24) is 4.90 Å². The van der Waals surface area contributed by atoms with Crippen LogP contribution in [0, 0.1) is 6.92 Å². The molecule has 0 amide bonds. The van der Waals surface area contributed by atoms with Crippen LogP contribution in [-0.4, -0.2) is 38.3 Å². The fraction of sp³-hybridized carbons (Fsp3) is 0.357. The molecule has 0 saturated heterocycles. The summed E-state index contributed by atoms with van der Waals surface area (Å²) >= 11 is 6.12. The summed E-state index contributed by atoms with van der Waals surface area (Å²) in [6.07, 6.45) is 0.700. The van der Waals surface area contributed by atoms with Gasteiger partial charge in [0.1, 0.15) is 18.0 Å². The quantitative estimate of drug-likeness (QED) is 0.332. The molecule has 0 spiro atoms. The van der Waals surface area contributed by atoms with Gasteiger partial charge in [-0.15, -0.1) is 0 Å². The van der Waals surface area contributed by atoms with Crippen LogP contribution in [0.15, 0.2) is 72.8 Å². The predicted molar refractivity (Wildman–Crippen MR) is 134 cm³/mol. The maximum atomic E-state index is 6.29. The molecule has 32 heavy (non-hydrogen) atoms. The molecular weight excluding hydrogens is 418 g/mol. The van der Waals surface area contributed by atoms with E-state index in [1.807, 2.05) is 24.3 Å². The molecular formula is C28H34ClNO2. The first-order valence-corrected chi connectivity index (χ1v) is 11.7. The van der Waals surface area contributed by atoms with E-state index < -0.39 is 5.60 Å². The minimum Gasteiger partial charge on any atom is -0.492 e. The van der Waals surface area contributed by atoms with Crippen LogP contribution in [0.4, 0.5) is 0 Å². The maximum Gasteiger partial charge on any atom is 0.122 e. The first-order valence-electron chi connectivity index (χ1n) is 11.3. The fourth-order valence-electron chi connectivity index (χ4n) is 4.04. The third kappa shape index (κ3) is 5.92. The molecule has 3 nitrogen and oxygen atoms in total. The van der Waals surface area contributed by atoms with Gasteiger partial charge in [0.25, 0.3) is 0 Å². The number of rotatable bonds is 11. The van der Waals surface area contributed by atoms with Gasteiger partial charge in [0.05, 0.1) is 0 Å². The van der Waals surface area contributed by atoms with Gasteiger partial charge in [0, 0.05) is 25.1 Å². The van der Waals surface area contributed by atoms with Crippen LogP contribution in [0.2, 0.25) is 5.02 Å². The summed E-state index contributed by atoms with van der Waals surface area (Å²) in [7, 11) is 1.78. The molecule has 0 aliphatic carbocycles. The van der Waals surface area contributed by atoms with Gasteiger partial charge in [-0.3, -0.25) is 0 Å². The summed E-state index contributed by atoms with van der Waals surface area (Å²) in [5.74, 6) is 0.876. The average Bonchev–Trinajstić information content (AvgIpc) is 2.83. The van der Waals surface area contributed by atoms with Gasteiger partial charge in [-0.1, -0.05) is 79.5 Å². The third-order valence-corrected chi connectivity index (χ3v) is 6.38. The zero-order valence-corrected chi connectivity index (χ0v) is 20.4. The molecule has 3 aromatic carbocycles. The predicted octanol–water partition coefficient (Wildman–Crippen LogP) is 6.50. The molecule has 3 rings (SSSR count). The molecule has 0 radical (unpaired) electrons. The van der Waals surface area contributed by atoms with Crippen molar-refractivity contribution in [3.8, 4) is 5.75 Å². The molecule has 0 N–H and O–H groups in total. The van der Waals surface area contributed by atoms with Crippen molar-refractivity contribution in [1.29, 1.82) is 0 Å². The number of benzene rings is 3. The van der Waals surface area contributed by atoms with Gasteiger partial charge < -0.3 is 14.4 Å². The lowest BCUT2D eigenvalue weighted by Gasteiger charge is -2.34. The maximum absolute atomic E-state index is 6.29. The standard InChI is InChI=1S/C28H34ClNO2/c1-5-30(6-2)19-20-32-27-17-13-25(14-18-27)28(31-4,24-11-7-22(3)8-12-24)21-23-9-15-26(29)16-10-23/h7-18H,5-6,19-21H2,1-4H3. The number of methoxy groups -OCH3 is 1. The van der Waals surface area contributed by atoms with Crippen molar-refractivity contribution in [3.05, 3.63) is 100 Å². The van der Waals surface area contributed by atoms with Gasteiger partial charge in [-0.2, -0.15) is 0 Å². The van der Waals surface area contributed by atoms with E-state index in [0.29, 0.717) is 13.0 Å². The third-order valence-electron chi connectivity index (χ3n) is 6.12. The molecule has 0 fully saturated rings. The van der Waals surface area contributed by atoms with E-state index >= 15 is 0 Å². The van der Waals surface area contributed by atoms with Crippen LogP contribution in [0.3, 0.4) is 0 Å². The Kier molecular flexibility index (Phi) is 8.75. The van der Waals surface area contributed by atoms with E-state index in [2.05, 4.69) is 74.2 Å². The molecule has 0 aliphatic heterocycles. The van der Waals surface area contributed by atoms with E-state index in [0.717, 1.165) is 47.1 Å². The lowest BCUT2D eigenvalue weighted by atomic mass is 9.80. The van der Waals surface area contributed by atoms with Crippen molar-refractivity contribution in [2.75, 3.05) is 33.4 Å².